The Hall–Kier alpha value is -2.73. The molecule has 0 spiro atoms. The third-order valence-corrected chi connectivity index (χ3v) is 3.69. The molecular weight excluding hydrogens is 340 g/mol. The van der Waals surface area contributed by atoms with Gasteiger partial charge in [0.05, 0.1) is 6.21 Å². The van der Waals surface area contributed by atoms with Crippen molar-refractivity contribution in [3.8, 4) is 0 Å². The van der Waals surface area contributed by atoms with E-state index in [0.29, 0.717) is 10.6 Å². The van der Waals surface area contributed by atoms with Gasteiger partial charge in [-0.25, -0.2) is 5.43 Å². The molecule has 25 heavy (non-hydrogen) atoms. The fourth-order valence-corrected chi connectivity index (χ4v) is 2.18. The molecule has 130 valence electrons. The summed E-state index contributed by atoms with van der Waals surface area (Å²) in [4.78, 5) is 28.5. The summed E-state index contributed by atoms with van der Waals surface area (Å²) in [6.07, 6.45) is 4.77. The van der Waals surface area contributed by atoms with E-state index in [1.807, 2.05) is 13.8 Å². The van der Waals surface area contributed by atoms with E-state index in [-0.39, 0.29) is 17.7 Å². The highest BCUT2D eigenvalue weighted by atomic mass is 35.5. The number of pyridine rings is 1. The van der Waals surface area contributed by atoms with E-state index < -0.39 is 6.04 Å². The van der Waals surface area contributed by atoms with Crippen LogP contribution in [0.5, 0.6) is 0 Å². The second kappa shape index (κ2) is 8.94. The summed E-state index contributed by atoms with van der Waals surface area (Å²) in [5.74, 6) is -0.835. The van der Waals surface area contributed by atoms with Gasteiger partial charge in [0.25, 0.3) is 11.8 Å². The molecule has 0 aliphatic carbocycles. The molecule has 6 nitrogen and oxygen atoms in total. The molecule has 0 aliphatic heterocycles. The Labute approximate surface area is 151 Å². The van der Waals surface area contributed by atoms with Crippen LogP contribution in [0.4, 0.5) is 0 Å². The largest absolute Gasteiger partial charge is 0.340 e. The Kier molecular flexibility index (Phi) is 6.65. The Morgan fingerprint density at radius 3 is 2.36 bits per heavy atom. The molecule has 2 rings (SSSR count). The van der Waals surface area contributed by atoms with E-state index in [9.17, 15) is 9.59 Å². The van der Waals surface area contributed by atoms with Crippen LogP contribution in [0.1, 0.15) is 29.8 Å². The molecule has 1 aromatic heterocycles. The minimum Gasteiger partial charge on any atom is -0.340 e. The van der Waals surface area contributed by atoms with E-state index in [0.717, 1.165) is 5.56 Å². The lowest BCUT2D eigenvalue weighted by Crippen LogP contribution is -2.48. The fourth-order valence-electron chi connectivity index (χ4n) is 2.05. The number of carbonyl (C=O) groups excluding carboxylic acids is 2. The van der Waals surface area contributed by atoms with Gasteiger partial charge in [-0.3, -0.25) is 14.6 Å². The first kappa shape index (κ1) is 18.6. The predicted molar refractivity (Wildman–Crippen MR) is 97.5 cm³/mol. The van der Waals surface area contributed by atoms with Crippen LogP contribution in [0.2, 0.25) is 5.02 Å². The van der Waals surface area contributed by atoms with Crippen molar-refractivity contribution in [2.75, 3.05) is 0 Å². The van der Waals surface area contributed by atoms with Gasteiger partial charge < -0.3 is 5.32 Å². The van der Waals surface area contributed by atoms with E-state index in [4.69, 9.17) is 11.6 Å². The topological polar surface area (TPSA) is 83.5 Å². The molecule has 1 atom stereocenters. The molecule has 0 bridgehead atoms. The summed E-state index contributed by atoms with van der Waals surface area (Å²) < 4.78 is 0. The Bertz CT molecular complexity index is 745. The normalized spacial score (nSPS) is 12.2. The number of carbonyl (C=O) groups is 2. The molecule has 2 amide bonds. The summed E-state index contributed by atoms with van der Waals surface area (Å²) in [7, 11) is 0. The van der Waals surface area contributed by atoms with Crippen molar-refractivity contribution >= 4 is 29.6 Å². The molecule has 2 aromatic rings. The highest BCUT2D eigenvalue weighted by molar-refractivity contribution is 6.30. The van der Waals surface area contributed by atoms with Crippen molar-refractivity contribution in [1.29, 1.82) is 0 Å². The van der Waals surface area contributed by atoms with E-state index >= 15 is 0 Å². The molecule has 1 heterocycles. The monoisotopic (exact) mass is 358 g/mol. The van der Waals surface area contributed by atoms with Gasteiger partial charge in [0.2, 0.25) is 0 Å². The van der Waals surface area contributed by atoms with Crippen LogP contribution in [0.15, 0.2) is 53.9 Å². The average molecular weight is 359 g/mol. The summed E-state index contributed by atoms with van der Waals surface area (Å²) in [6.45, 7) is 3.69. The second-order valence-corrected chi connectivity index (χ2v) is 6.15. The van der Waals surface area contributed by atoms with Crippen LogP contribution >= 0.6 is 11.6 Å². The maximum atomic E-state index is 12.3. The highest BCUT2D eigenvalue weighted by Gasteiger charge is 2.24. The number of hydrogen-bond donors (Lipinski definition) is 2. The predicted octanol–water partition coefficient (Wildman–Crippen LogP) is 2.64. The summed E-state index contributed by atoms with van der Waals surface area (Å²) in [5, 5.41) is 7.18. The Balaban J connectivity index is 1.99. The first-order chi connectivity index (χ1) is 12.0. The van der Waals surface area contributed by atoms with Crippen molar-refractivity contribution in [3.05, 3.63) is 64.9 Å². The fraction of sp³-hybridized carbons (Fsp3) is 0.222. The van der Waals surface area contributed by atoms with E-state index in [1.54, 1.807) is 48.8 Å². The van der Waals surface area contributed by atoms with Crippen LogP contribution in [0.3, 0.4) is 0 Å². The standard InChI is InChI=1S/C18H19ClN4O2/c1-12(2)16(22-17(24)14-3-5-15(19)6-4-14)18(25)23-21-11-13-7-9-20-10-8-13/h3-12,16H,1-2H3,(H,22,24)(H,23,25). The van der Waals surface area contributed by atoms with Gasteiger partial charge in [0.1, 0.15) is 6.04 Å². The van der Waals surface area contributed by atoms with Gasteiger partial charge in [-0.15, -0.1) is 0 Å². The molecule has 0 saturated heterocycles. The number of hydrogen-bond acceptors (Lipinski definition) is 4. The quantitative estimate of drug-likeness (QED) is 0.615. The first-order valence-corrected chi connectivity index (χ1v) is 8.14. The van der Waals surface area contributed by atoms with Crippen LogP contribution in [0, 0.1) is 5.92 Å². The number of benzene rings is 1. The minimum absolute atomic E-state index is 0.104. The maximum Gasteiger partial charge on any atom is 0.262 e. The van der Waals surface area contributed by atoms with Crippen molar-refractivity contribution < 1.29 is 9.59 Å². The number of rotatable bonds is 6. The third-order valence-electron chi connectivity index (χ3n) is 3.44. The lowest BCUT2D eigenvalue weighted by Gasteiger charge is -2.20. The van der Waals surface area contributed by atoms with Gasteiger partial charge in [-0.2, -0.15) is 5.10 Å². The zero-order valence-corrected chi connectivity index (χ0v) is 14.7. The zero-order chi connectivity index (χ0) is 18.2. The van der Waals surface area contributed by atoms with E-state index in [2.05, 4.69) is 20.8 Å². The molecule has 7 heteroatoms. The SMILES string of the molecule is CC(C)C(NC(=O)c1ccc(Cl)cc1)C(=O)NN=Cc1ccncc1. The number of hydrazone groups is 1. The van der Waals surface area contributed by atoms with Gasteiger partial charge in [0, 0.05) is 23.0 Å². The van der Waals surface area contributed by atoms with Crippen LogP contribution in [-0.2, 0) is 4.79 Å². The van der Waals surface area contributed by atoms with Gasteiger partial charge >= 0.3 is 0 Å². The lowest BCUT2D eigenvalue weighted by molar-refractivity contribution is -0.123. The summed E-state index contributed by atoms with van der Waals surface area (Å²) in [6, 6.07) is 9.27. The number of aromatic nitrogens is 1. The van der Waals surface area contributed by atoms with Crippen molar-refractivity contribution in [2.24, 2.45) is 11.0 Å². The molecule has 0 fully saturated rings. The molecule has 1 aromatic carbocycles. The number of nitrogens with zero attached hydrogens (tertiary/aromatic N) is 2. The van der Waals surface area contributed by atoms with Crippen LogP contribution in [-0.4, -0.2) is 29.1 Å². The smallest absolute Gasteiger partial charge is 0.262 e. The van der Waals surface area contributed by atoms with Crippen molar-refractivity contribution in [2.45, 2.75) is 19.9 Å². The van der Waals surface area contributed by atoms with Gasteiger partial charge in [-0.05, 0) is 47.9 Å². The molecule has 2 N–H and O–H groups in total. The Morgan fingerprint density at radius 1 is 1.12 bits per heavy atom. The van der Waals surface area contributed by atoms with Crippen LogP contribution < -0.4 is 10.7 Å². The zero-order valence-electron chi connectivity index (χ0n) is 13.9. The van der Waals surface area contributed by atoms with Crippen LogP contribution in [0.25, 0.3) is 0 Å². The first-order valence-electron chi connectivity index (χ1n) is 7.76. The molecule has 0 saturated carbocycles. The summed E-state index contributed by atoms with van der Waals surface area (Å²) in [5.41, 5.74) is 3.69. The average Bonchev–Trinajstić information content (AvgIpc) is 2.60. The molecule has 0 radical (unpaired) electrons. The molecule has 0 aliphatic rings. The van der Waals surface area contributed by atoms with Gasteiger partial charge in [-0.1, -0.05) is 25.4 Å². The third kappa shape index (κ3) is 5.69. The van der Waals surface area contributed by atoms with E-state index in [1.165, 1.54) is 6.21 Å². The lowest BCUT2D eigenvalue weighted by atomic mass is 10.0. The number of nitrogens with one attached hydrogen (secondary N) is 2. The summed E-state index contributed by atoms with van der Waals surface area (Å²) >= 11 is 5.82. The second-order valence-electron chi connectivity index (χ2n) is 5.72. The minimum atomic E-state index is -0.710. The maximum absolute atomic E-state index is 12.3. The Morgan fingerprint density at radius 2 is 1.76 bits per heavy atom. The molecular formula is C18H19ClN4O2. The van der Waals surface area contributed by atoms with Crippen molar-refractivity contribution in [3.63, 3.8) is 0 Å². The number of amides is 2. The highest BCUT2D eigenvalue weighted by Crippen LogP contribution is 2.10. The number of halogens is 1. The molecule has 1 unspecified atom stereocenters. The van der Waals surface area contributed by atoms with Crippen molar-refractivity contribution in [1.82, 2.24) is 15.7 Å². The van der Waals surface area contributed by atoms with Gasteiger partial charge in [0.15, 0.2) is 0 Å².